The molecule has 4 aliphatic carbocycles. The van der Waals surface area contributed by atoms with E-state index in [2.05, 4.69) is 30.3 Å². The number of carboxylic acid groups (broad SMARTS) is 1. The zero-order chi connectivity index (χ0) is 32.7. The number of carbonyl (C=O) groups is 2. The van der Waals surface area contributed by atoms with E-state index in [-0.39, 0.29) is 17.5 Å². The van der Waals surface area contributed by atoms with Gasteiger partial charge in [0.25, 0.3) is 5.91 Å². The first kappa shape index (κ1) is 32.0. The fraction of sp³-hybridized carbons (Fsp3) is 0.500. The number of pyridine rings is 1. The lowest BCUT2D eigenvalue weighted by Crippen LogP contribution is -2.68. The van der Waals surface area contributed by atoms with Crippen molar-refractivity contribution in [3.05, 3.63) is 70.9 Å². The number of nitrogens with zero attached hydrogens (tertiary/aromatic N) is 2. The van der Waals surface area contributed by atoms with E-state index in [1.807, 2.05) is 42.5 Å². The van der Waals surface area contributed by atoms with Crippen LogP contribution in [0.5, 0.6) is 5.75 Å². The molecule has 8 rings (SSSR count). The number of benzene rings is 2. The smallest absolute Gasteiger partial charge is 0.492 e. The molecular formula is C38H44ClN3O5. The number of amides is 1. The minimum atomic E-state index is -1.36. The van der Waals surface area contributed by atoms with E-state index in [4.69, 9.17) is 26.1 Å². The summed E-state index contributed by atoms with van der Waals surface area (Å²) in [5.74, 6) is 1.23. The van der Waals surface area contributed by atoms with Crippen molar-refractivity contribution < 1.29 is 24.2 Å². The molecule has 8 nitrogen and oxygen atoms in total. The van der Waals surface area contributed by atoms with Crippen molar-refractivity contribution in [3.63, 3.8) is 0 Å². The predicted octanol–water partition coefficient (Wildman–Crippen LogP) is 8.21. The van der Waals surface area contributed by atoms with Gasteiger partial charge in [-0.2, -0.15) is 0 Å². The zero-order valence-electron chi connectivity index (χ0n) is 27.2. The molecule has 9 heteroatoms. The average molecular weight is 658 g/mol. The molecule has 2 N–H and O–H groups in total. The van der Waals surface area contributed by atoms with Crippen LogP contribution in [-0.2, 0) is 4.74 Å². The maximum Gasteiger partial charge on any atom is 0.507 e. The van der Waals surface area contributed by atoms with E-state index in [0.29, 0.717) is 41.0 Å². The Morgan fingerprint density at radius 2 is 1.74 bits per heavy atom. The minimum absolute atomic E-state index is 0.0334. The minimum Gasteiger partial charge on any atom is -0.492 e. The molecule has 47 heavy (non-hydrogen) atoms. The van der Waals surface area contributed by atoms with Crippen LogP contribution in [0.4, 0.5) is 4.79 Å². The second-order valence-electron chi connectivity index (χ2n) is 14.2. The predicted molar refractivity (Wildman–Crippen MR) is 182 cm³/mol. The Balaban J connectivity index is 1.21. The van der Waals surface area contributed by atoms with Crippen molar-refractivity contribution in [2.45, 2.75) is 76.5 Å². The monoisotopic (exact) mass is 657 g/mol. The summed E-state index contributed by atoms with van der Waals surface area (Å²) < 4.78 is 11.9. The van der Waals surface area contributed by atoms with Gasteiger partial charge in [-0.15, -0.1) is 0 Å². The highest BCUT2D eigenvalue weighted by Crippen LogP contribution is 2.58. The van der Waals surface area contributed by atoms with E-state index in [9.17, 15) is 14.7 Å². The number of aryl methyl sites for hydroxylation is 1. The Morgan fingerprint density at radius 1 is 1.00 bits per heavy atom. The Kier molecular flexibility index (Phi) is 8.92. The number of rotatable bonds is 9. The van der Waals surface area contributed by atoms with E-state index in [0.717, 1.165) is 60.9 Å². The summed E-state index contributed by atoms with van der Waals surface area (Å²) in [5, 5.41) is 13.4. The van der Waals surface area contributed by atoms with Crippen molar-refractivity contribution in [1.29, 1.82) is 0 Å². The van der Waals surface area contributed by atoms with Crippen molar-refractivity contribution in [2.75, 3.05) is 20.2 Å². The molecule has 0 spiro atoms. The maximum atomic E-state index is 14.1. The van der Waals surface area contributed by atoms with E-state index in [1.54, 1.807) is 6.07 Å². The molecule has 0 radical (unpaired) electrons. The van der Waals surface area contributed by atoms with Crippen molar-refractivity contribution in [1.82, 2.24) is 15.2 Å². The molecule has 5 aliphatic rings. The molecular weight excluding hydrogens is 614 g/mol. The number of nitrogens with one attached hydrogen (secondary N) is 1. The molecule has 4 saturated carbocycles. The standard InChI is InChI=1S/C38H44ClN3O5/c1-23-7-3-4-9-30(23)31-11-13-33(36(43)41-38(47-37(44)45)27-18-24-17-25(20-27)21-28(38)19-24)40-35(31)26-10-12-32(39)34(22-26)46-16-14-29-8-5-6-15-42(29)2/h3-4,7,9-13,22,24-25,27-29H,5-6,8,14-21H2,1-2H3,(H,41,43)(H,44,45). The third kappa shape index (κ3) is 6.34. The largest absolute Gasteiger partial charge is 0.507 e. The topological polar surface area (TPSA) is 101 Å². The van der Waals surface area contributed by atoms with Crippen LogP contribution in [0, 0.1) is 30.6 Å². The molecule has 248 valence electrons. The van der Waals surface area contributed by atoms with E-state index >= 15 is 0 Å². The highest BCUT2D eigenvalue weighted by Gasteiger charge is 2.61. The van der Waals surface area contributed by atoms with Gasteiger partial charge in [0.05, 0.1) is 17.3 Å². The molecule has 2 heterocycles. The Bertz CT molecular complexity index is 1630. The lowest BCUT2D eigenvalue weighted by Gasteiger charge is -2.59. The third-order valence-corrected chi connectivity index (χ3v) is 11.6. The number of likely N-dealkylation sites (tertiary alicyclic amines) is 1. The normalized spacial score (nSPS) is 28.2. The summed E-state index contributed by atoms with van der Waals surface area (Å²) in [6.07, 6.45) is 7.90. The van der Waals surface area contributed by atoms with Crippen LogP contribution in [0.1, 0.15) is 73.8 Å². The number of aromatic nitrogens is 1. The molecule has 4 bridgehead atoms. The van der Waals surface area contributed by atoms with Gasteiger partial charge in [-0.3, -0.25) is 4.79 Å². The second kappa shape index (κ2) is 13.1. The van der Waals surface area contributed by atoms with Crippen LogP contribution in [-0.4, -0.2) is 59.0 Å². The van der Waals surface area contributed by atoms with Crippen molar-refractivity contribution in [3.8, 4) is 28.1 Å². The molecule has 1 atom stereocenters. The maximum absolute atomic E-state index is 14.1. The van der Waals surface area contributed by atoms with Crippen LogP contribution in [0.25, 0.3) is 22.4 Å². The first-order valence-corrected chi connectivity index (χ1v) is 17.5. The number of hydrogen-bond donors (Lipinski definition) is 2. The van der Waals surface area contributed by atoms with Gasteiger partial charge in [0.2, 0.25) is 0 Å². The second-order valence-corrected chi connectivity index (χ2v) is 14.6. The molecule has 1 unspecified atom stereocenters. The van der Waals surface area contributed by atoms with Crippen LogP contribution in [0.3, 0.4) is 0 Å². The molecule has 2 aromatic carbocycles. The number of piperidine rings is 1. The SMILES string of the molecule is Cc1ccccc1-c1ccc(C(=O)NC2(OC(=O)O)C3CC4CC(C3)CC2C4)nc1-c1ccc(Cl)c(OCCC2CCCCN2C)c1. The molecule has 1 aliphatic heterocycles. The molecule has 1 aromatic heterocycles. The number of carbonyl (C=O) groups excluding carboxylic acids is 1. The summed E-state index contributed by atoms with van der Waals surface area (Å²) in [6, 6.07) is 17.9. The fourth-order valence-corrected chi connectivity index (χ4v) is 9.31. The Hall–Kier alpha value is -3.62. The summed E-state index contributed by atoms with van der Waals surface area (Å²) in [6.45, 7) is 3.72. The number of hydrogen-bond acceptors (Lipinski definition) is 6. The average Bonchev–Trinajstić information content (AvgIpc) is 3.05. The summed E-state index contributed by atoms with van der Waals surface area (Å²) in [4.78, 5) is 33.5. The van der Waals surface area contributed by atoms with Crippen LogP contribution >= 0.6 is 11.6 Å². The van der Waals surface area contributed by atoms with Gasteiger partial charge in [-0.25, -0.2) is 9.78 Å². The van der Waals surface area contributed by atoms with Gasteiger partial charge in [-0.05, 0) is 119 Å². The first-order valence-electron chi connectivity index (χ1n) is 17.1. The third-order valence-electron chi connectivity index (χ3n) is 11.3. The van der Waals surface area contributed by atoms with Crippen molar-refractivity contribution in [2.24, 2.45) is 23.7 Å². The molecule has 1 amide bonds. The molecule has 1 saturated heterocycles. The van der Waals surface area contributed by atoms with Crippen LogP contribution in [0.15, 0.2) is 54.6 Å². The summed E-state index contributed by atoms with van der Waals surface area (Å²) >= 11 is 6.64. The lowest BCUT2D eigenvalue weighted by atomic mass is 9.52. The lowest BCUT2D eigenvalue weighted by molar-refractivity contribution is -0.191. The fourth-order valence-electron chi connectivity index (χ4n) is 9.14. The van der Waals surface area contributed by atoms with Gasteiger partial charge in [0.15, 0.2) is 5.72 Å². The van der Waals surface area contributed by atoms with Gasteiger partial charge in [0, 0.05) is 29.0 Å². The first-order chi connectivity index (χ1) is 22.7. The zero-order valence-corrected chi connectivity index (χ0v) is 28.0. The molecule has 3 aromatic rings. The van der Waals surface area contributed by atoms with Gasteiger partial charge < -0.3 is 24.8 Å². The van der Waals surface area contributed by atoms with Crippen molar-refractivity contribution >= 4 is 23.7 Å². The Labute approximate surface area is 281 Å². The number of ether oxygens (including phenoxy) is 2. The Morgan fingerprint density at radius 3 is 2.45 bits per heavy atom. The summed E-state index contributed by atoms with van der Waals surface area (Å²) in [5.41, 5.74) is 3.33. The van der Waals surface area contributed by atoms with E-state index in [1.165, 1.54) is 25.7 Å². The van der Waals surface area contributed by atoms with Gasteiger partial charge in [-0.1, -0.05) is 48.4 Å². The number of halogens is 1. The van der Waals surface area contributed by atoms with Gasteiger partial charge in [0.1, 0.15) is 11.4 Å². The highest BCUT2D eigenvalue weighted by molar-refractivity contribution is 6.32. The molecule has 5 fully saturated rings. The van der Waals surface area contributed by atoms with E-state index < -0.39 is 17.8 Å². The highest BCUT2D eigenvalue weighted by atomic mass is 35.5. The van der Waals surface area contributed by atoms with Crippen LogP contribution < -0.4 is 10.1 Å². The quantitative estimate of drug-likeness (QED) is 0.177. The van der Waals surface area contributed by atoms with Crippen LogP contribution in [0.2, 0.25) is 5.02 Å². The summed E-state index contributed by atoms with van der Waals surface area (Å²) in [7, 11) is 2.18. The van der Waals surface area contributed by atoms with Gasteiger partial charge >= 0.3 is 6.16 Å².